The van der Waals surface area contributed by atoms with Crippen LogP contribution in [0.25, 0.3) is 0 Å². The van der Waals surface area contributed by atoms with Crippen LogP contribution in [0.4, 0.5) is 0 Å². The summed E-state index contributed by atoms with van der Waals surface area (Å²) in [5, 5.41) is 4.35. The summed E-state index contributed by atoms with van der Waals surface area (Å²) in [5.41, 5.74) is 8.64. The van der Waals surface area contributed by atoms with Gasteiger partial charge < -0.3 is 5.73 Å². The van der Waals surface area contributed by atoms with Gasteiger partial charge >= 0.3 is 0 Å². The van der Waals surface area contributed by atoms with Crippen molar-refractivity contribution in [3.05, 3.63) is 17.5 Å². The maximum absolute atomic E-state index is 6.27. The van der Waals surface area contributed by atoms with Gasteiger partial charge in [0.25, 0.3) is 0 Å². The van der Waals surface area contributed by atoms with E-state index < -0.39 is 0 Å². The lowest BCUT2D eigenvalue weighted by Crippen LogP contribution is -2.69. The number of hydrogen-bond donors (Lipinski definition) is 1. The number of nitrogens with two attached hydrogens (primary N) is 1. The van der Waals surface area contributed by atoms with Crippen LogP contribution in [-0.4, -0.2) is 33.3 Å². The zero-order valence-electron chi connectivity index (χ0n) is 10.7. The Morgan fingerprint density at radius 1 is 1.50 bits per heavy atom. The van der Waals surface area contributed by atoms with Gasteiger partial charge in [0.05, 0.1) is 11.4 Å². The molecule has 1 fully saturated rings. The summed E-state index contributed by atoms with van der Waals surface area (Å²) < 4.78 is 1.96. The van der Waals surface area contributed by atoms with Gasteiger partial charge in [-0.3, -0.25) is 9.58 Å². The highest BCUT2D eigenvalue weighted by Crippen LogP contribution is 2.27. The van der Waals surface area contributed by atoms with Gasteiger partial charge in [0.2, 0.25) is 0 Å². The molecule has 0 unspecified atom stereocenters. The normalized spacial score (nSPS) is 20.1. The third-order valence-electron chi connectivity index (χ3n) is 3.67. The molecular formula is C12H22N4. The highest BCUT2D eigenvalue weighted by molar-refractivity contribution is 5.11. The zero-order chi connectivity index (χ0) is 11.9. The third-order valence-corrected chi connectivity index (χ3v) is 3.67. The average molecular weight is 222 g/mol. The van der Waals surface area contributed by atoms with E-state index in [1.165, 1.54) is 5.69 Å². The Morgan fingerprint density at radius 2 is 2.12 bits per heavy atom. The van der Waals surface area contributed by atoms with Gasteiger partial charge in [-0.2, -0.15) is 5.10 Å². The van der Waals surface area contributed by atoms with Gasteiger partial charge in [0.15, 0.2) is 0 Å². The van der Waals surface area contributed by atoms with Crippen molar-refractivity contribution in [1.29, 1.82) is 0 Å². The number of aryl methyl sites for hydroxylation is 2. The SMILES string of the molecule is Cc1cc(CN2CC(N)(C(C)C)C2)n(C)n1. The Morgan fingerprint density at radius 3 is 2.56 bits per heavy atom. The number of likely N-dealkylation sites (tertiary alicyclic amines) is 1. The molecule has 1 aliphatic rings. The molecule has 2 N–H and O–H groups in total. The van der Waals surface area contributed by atoms with Gasteiger partial charge in [-0.05, 0) is 18.9 Å². The first kappa shape index (κ1) is 11.6. The van der Waals surface area contributed by atoms with E-state index in [0.717, 1.165) is 25.3 Å². The van der Waals surface area contributed by atoms with Crippen LogP contribution in [0, 0.1) is 12.8 Å². The molecule has 0 radical (unpaired) electrons. The standard InChI is InChI=1S/C12H22N4/c1-9(2)12(13)7-16(8-12)6-11-5-10(3)14-15(11)4/h5,9H,6-8,13H2,1-4H3. The molecule has 1 saturated heterocycles. The van der Waals surface area contributed by atoms with Crippen molar-refractivity contribution < 1.29 is 0 Å². The molecule has 1 aromatic rings. The molecule has 0 bridgehead atoms. The summed E-state index contributed by atoms with van der Waals surface area (Å²) in [6, 6.07) is 2.14. The van der Waals surface area contributed by atoms with Crippen LogP contribution < -0.4 is 5.73 Å². The zero-order valence-corrected chi connectivity index (χ0v) is 10.7. The largest absolute Gasteiger partial charge is 0.323 e. The maximum atomic E-state index is 6.27. The van der Waals surface area contributed by atoms with Crippen LogP contribution in [0.5, 0.6) is 0 Å². The quantitative estimate of drug-likeness (QED) is 0.826. The first-order valence-electron chi connectivity index (χ1n) is 5.91. The van der Waals surface area contributed by atoms with E-state index in [1.54, 1.807) is 0 Å². The molecule has 0 saturated carbocycles. The van der Waals surface area contributed by atoms with Crippen molar-refractivity contribution in [2.24, 2.45) is 18.7 Å². The Hall–Kier alpha value is -0.870. The summed E-state index contributed by atoms with van der Waals surface area (Å²) in [6.07, 6.45) is 0. The van der Waals surface area contributed by atoms with E-state index in [1.807, 2.05) is 18.7 Å². The third kappa shape index (κ3) is 1.99. The Balaban J connectivity index is 1.93. The second-order valence-electron chi connectivity index (χ2n) is 5.43. The molecule has 0 spiro atoms. The van der Waals surface area contributed by atoms with Crippen molar-refractivity contribution in [2.75, 3.05) is 13.1 Å². The van der Waals surface area contributed by atoms with Crippen molar-refractivity contribution in [2.45, 2.75) is 32.9 Å². The van der Waals surface area contributed by atoms with Crippen LogP contribution >= 0.6 is 0 Å². The van der Waals surface area contributed by atoms with Gasteiger partial charge in [-0.1, -0.05) is 13.8 Å². The fourth-order valence-corrected chi connectivity index (χ4v) is 2.30. The van der Waals surface area contributed by atoms with Crippen LogP contribution in [0.1, 0.15) is 25.2 Å². The molecule has 90 valence electrons. The highest BCUT2D eigenvalue weighted by Gasteiger charge is 2.41. The smallest absolute Gasteiger partial charge is 0.0597 e. The van der Waals surface area contributed by atoms with Crippen molar-refractivity contribution in [1.82, 2.24) is 14.7 Å². The number of nitrogens with zero attached hydrogens (tertiary/aromatic N) is 3. The van der Waals surface area contributed by atoms with Gasteiger partial charge in [0, 0.05) is 32.2 Å². The first-order chi connectivity index (χ1) is 7.40. The monoisotopic (exact) mass is 222 g/mol. The molecular weight excluding hydrogens is 200 g/mol. The van der Waals surface area contributed by atoms with E-state index >= 15 is 0 Å². The Labute approximate surface area is 97.4 Å². The topological polar surface area (TPSA) is 47.1 Å². The maximum Gasteiger partial charge on any atom is 0.0597 e. The van der Waals surface area contributed by atoms with Crippen LogP contribution in [0.2, 0.25) is 0 Å². The summed E-state index contributed by atoms with van der Waals surface area (Å²) >= 11 is 0. The fraction of sp³-hybridized carbons (Fsp3) is 0.750. The fourth-order valence-electron chi connectivity index (χ4n) is 2.30. The van der Waals surface area contributed by atoms with E-state index in [2.05, 4.69) is 29.9 Å². The molecule has 0 aliphatic carbocycles. The first-order valence-corrected chi connectivity index (χ1v) is 5.91. The van der Waals surface area contributed by atoms with Gasteiger partial charge in [-0.15, -0.1) is 0 Å². The summed E-state index contributed by atoms with van der Waals surface area (Å²) in [7, 11) is 2.00. The van der Waals surface area contributed by atoms with Gasteiger partial charge in [-0.25, -0.2) is 0 Å². The Bertz CT molecular complexity index is 374. The molecule has 0 amide bonds. The number of hydrogen-bond acceptors (Lipinski definition) is 3. The second-order valence-corrected chi connectivity index (χ2v) is 5.43. The van der Waals surface area contributed by atoms with E-state index in [0.29, 0.717) is 5.92 Å². The van der Waals surface area contributed by atoms with Crippen LogP contribution in [0.3, 0.4) is 0 Å². The summed E-state index contributed by atoms with van der Waals surface area (Å²) in [6.45, 7) is 9.38. The second kappa shape index (κ2) is 3.86. The predicted octanol–water partition coefficient (Wildman–Crippen LogP) is 0.898. The molecule has 0 aromatic carbocycles. The minimum Gasteiger partial charge on any atom is -0.323 e. The minimum absolute atomic E-state index is 0.0215. The van der Waals surface area contributed by atoms with E-state index in [9.17, 15) is 0 Å². The number of aromatic nitrogens is 2. The Kier molecular flexibility index (Phi) is 2.80. The lowest BCUT2D eigenvalue weighted by Gasteiger charge is -2.50. The highest BCUT2D eigenvalue weighted by atomic mass is 15.3. The summed E-state index contributed by atoms with van der Waals surface area (Å²) in [5.74, 6) is 0.553. The minimum atomic E-state index is 0.0215. The summed E-state index contributed by atoms with van der Waals surface area (Å²) in [4.78, 5) is 2.39. The number of rotatable bonds is 3. The van der Waals surface area contributed by atoms with E-state index in [4.69, 9.17) is 5.73 Å². The van der Waals surface area contributed by atoms with Crippen LogP contribution in [-0.2, 0) is 13.6 Å². The molecule has 2 rings (SSSR count). The molecule has 4 nitrogen and oxygen atoms in total. The average Bonchev–Trinajstić information content (AvgIpc) is 2.42. The molecule has 1 aliphatic heterocycles. The molecule has 16 heavy (non-hydrogen) atoms. The molecule has 1 aromatic heterocycles. The van der Waals surface area contributed by atoms with Crippen molar-refractivity contribution >= 4 is 0 Å². The van der Waals surface area contributed by atoms with E-state index in [-0.39, 0.29) is 5.54 Å². The van der Waals surface area contributed by atoms with Gasteiger partial charge in [0.1, 0.15) is 0 Å². The van der Waals surface area contributed by atoms with Crippen molar-refractivity contribution in [3.8, 4) is 0 Å². The lowest BCUT2D eigenvalue weighted by atomic mass is 9.80. The predicted molar refractivity (Wildman–Crippen MR) is 65.0 cm³/mol. The van der Waals surface area contributed by atoms with Crippen LogP contribution in [0.15, 0.2) is 6.07 Å². The van der Waals surface area contributed by atoms with Crippen molar-refractivity contribution in [3.63, 3.8) is 0 Å². The molecule has 0 atom stereocenters. The molecule has 2 heterocycles. The lowest BCUT2D eigenvalue weighted by molar-refractivity contribution is 0.0295. The molecule has 4 heteroatoms.